The van der Waals surface area contributed by atoms with Gasteiger partial charge in [-0.25, -0.2) is 4.98 Å². The Morgan fingerprint density at radius 3 is 2.54 bits per heavy atom. The summed E-state index contributed by atoms with van der Waals surface area (Å²) >= 11 is 0. The van der Waals surface area contributed by atoms with Gasteiger partial charge in [-0.1, -0.05) is 48.4 Å². The predicted octanol–water partition coefficient (Wildman–Crippen LogP) is 3.44. The molecule has 2 bridgehead atoms. The van der Waals surface area contributed by atoms with Crippen LogP contribution < -0.4 is 0 Å². The summed E-state index contributed by atoms with van der Waals surface area (Å²) in [7, 11) is 2.00. The molecule has 1 aliphatic carbocycles. The van der Waals surface area contributed by atoms with Crippen LogP contribution in [0.2, 0.25) is 0 Å². The zero-order valence-electron chi connectivity index (χ0n) is 15.8. The van der Waals surface area contributed by atoms with Crippen LogP contribution in [-0.2, 0) is 12.6 Å². The van der Waals surface area contributed by atoms with Crippen molar-refractivity contribution in [3.8, 4) is 0 Å². The minimum Gasteiger partial charge on any atom is -0.381 e. The summed E-state index contributed by atoms with van der Waals surface area (Å²) in [6, 6.07) is 10.5. The van der Waals surface area contributed by atoms with Gasteiger partial charge in [-0.2, -0.15) is 0 Å². The molecule has 0 spiro atoms. The van der Waals surface area contributed by atoms with Crippen LogP contribution in [0.25, 0.3) is 6.08 Å². The van der Waals surface area contributed by atoms with E-state index in [4.69, 9.17) is 0 Å². The van der Waals surface area contributed by atoms with Gasteiger partial charge in [-0.3, -0.25) is 4.90 Å². The van der Waals surface area contributed by atoms with E-state index in [2.05, 4.69) is 53.2 Å². The van der Waals surface area contributed by atoms with Gasteiger partial charge in [0.2, 0.25) is 0 Å². The van der Waals surface area contributed by atoms with Gasteiger partial charge in [0.1, 0.15) is 11.4 Å². The summed E-state index contributed by atoms with van der Waals surface area (Å²) in [4.78, 5) is 7.05. The van der Waals surface area contributed by atoms with Gasteiger partial charge < -0.3 is 9.67 Å². The van der Waals surface area contributed by atoms with Crippen molar-refractivity contribution in [2.24, 2.45) is 18.9 Å². The summed E-state index contributed by atoms with van der Waals surface area (Å²) in [6.07, 6.45) is 9.41. The molecule has 1 aromatic carbocycles. The van der Waals surface area contributed by atoms with Crippen molar-refractivity contribution in [1.82, 2.24) is 14.5 Å². The second-order valence-electron chi connectivity index (χ2n) is 8.11. The van der Waals surface area contributed by atoms with Crippen molar-refractivity contribution in [3.63, 3.8) is 0 Å². The summed E-state index contributed by atoms with van der Waals surface area (Å²) in [5.41, 5.74) is 1.85. The maximum absolute atomic E-state index is 11.7. The van der Waals surface area contributed by atoms with Crippen molar-refractivity contribution >= 4 is 6.08 Å². The highest BCUT2D eigenvalue weighted by molar-refractivity contribution is 5.52. The Hall–Kier alpha value is -1.91. The number of aromatic nitrogens is 2. The first-order valence-corrected chi connectivity index (χ1v) is 9.72. The maximum atomic E-state index is 11.7. The van der Waals surface area contributed by atoms with E-state index in [-0.39, 0.29) is 11.8 Å². The van der Waals surface area contributed by atoms with Crippen LogP contribution in [0.4, 0.5) is 0 Å². The zero-order chi connectivity index (χ0) is 18.1. The first kappa shape index (κ1) is 17.5. The lowest BCUT2D eigenvalue weighted by molar-refractivity contribution is -0.152. The third-order valence-corrected chi connectivity index (χ3v) is 6.17. The van der Waals surface area contributed by atoms with Gasteiger partial charge >= 0.3 is 0 Å². The van der Waals surface area contributed by atoms with E-state index in [1.807, 2.05) is 24.0 Å². The summed E-state index contributed by atoms with van der Waals surface area (Å²) in [5.74, 6) is 1.38. The highest BCUT2D eigenvalue weighted by Crippen LogP contribution is 2.48. The van der Waals surface area contributed by atoms with E-state index in [1.165, 1.54) is 17.6 Å². The number of likely N-dealkylation sites (tertiary alicyclic amines) is 1. The normalized spacial score (nSPS) is 29.7. The molecule has 1 saturated carbocycles. The lowest BCUT2D eigenvalue weighted by Gasteiger charge is -2.52. The van der Waals surface area contributed by atoms with E-state index < -0.39 is 5.60 Å². The molecule has 26 heavy (non-hydrogen) atoms. The first-order valence-electron chi connectivity index (χ1n) is 9.72. The lowest BCUT2D eigenvalue weighted by atomic mass is 9.65. The Bertz CT molecular complexity index is 766. The van der Waals surface area contributed by atoms with Crippen molar-refractivity contribution in [1.29, 1.82) is 0 Å². The van der Waals surface area contributed by atoms with E-state index in [0.717, 1.165) is 38.3 Å². The van der Waals surface area contributed by atoms with Gasteiger partial charge in [0, 0.05) is 50.9 Å². The molecule has 1 aromatic heterocycles. The molecule has 2 fully saturated rings. The highest BCUT2D eigenvalue weighted by atomic mass is 16.3. The van der Waals surface area contributed by atoms with Crippen LogP contribution in [0.5, 0.6) is 0 Å². The average molecular weight is 351 g/mol. The quantitative estimate of drug-likeness (QED) is 0.917. The third-order valence-electron chi connectivity index (χ3n) is 6.17. The molecule has 0 unspecified atom stereocenters. The van der Waals surface area contributed by atoms with Gasteiger partial charge in [0.05, 0.1) is 0 Å². The molecule has 2 aromatic rings. The van der Waals surface area contributed by atoms with Gasteiger partial charge in [-0.15, -0.1) is 0 Å². The minimum absolute atomic E-state index is 0.264. The zero-order valence-corrected chi connectivity index (χ0v) is 15.8. The van der Waals surface area contributed by atoms with Crippen LogP contribution in [0.1, 0.15) is 37.6 Å². The molecule has 4 rings (SSSR count). The number of imidazole rings is 1. The number of hydrogen-bond acceptors (Lipinski definition) is 3. The van der Waals surface area contributed by atoms with Crippen molar-refractivity contribution in [3.05, 3.63) is 59.7 Å². The second kappa shape index (κ2) is 7.01. The molecule has 138 valence electrons. The predicted molar refractivity (Wildman–Crippen MR) is 104 cm³/mol. The number of benzene rings is 1. The molecule has 2 atom stereocenters. The molecule has 4 nitrogen and oxygen atoms in total. The fourth-order valence-corrected chi connectivity index (χ4v) is 5.02. The van der Waals surface area contributed by atoms with Crippen molar-refractivity contribution < 1.29 is 5.11 Å². The number of aliphatic hydroxyl groups is 1. The molecule has 1 N–H and O–H groups in total. The average Bonchev–Trinajstić information content (AvgIpc) is 3.03. The standard InChI is InChI=1S/C22H29N3O/c1-17(13-18-7-4-3-5-8-18)14-25-15-19-9-6-10-20(16-25)22(19,26)21-23-11-12-24(21)2/h3-5,7-8,11-13,19-20,26H,6,9-10,14-16H2,1-2H3/b17-13+/t19-,20-/m1/s1. The fraction of sp³-hybridized carbons (Fsp3) is 0.500. The Labute approximate surface area is 156 Å². The summed E-state index contributed by atoms with van der Waals surface area (Å²) in [5, 5.41) is 11.7. The molecule has 0 amide bonds. The third kappa shape index (κ3) is 3.12. The van der Waals surface area contributed by atoms with E-state index >= 15 is 0 Å². The van der Waals surface area contributed by atoms with Crippen LogP contribution in [-0.4, -0.2) is 39.2 Å². The second-order valence-corrected chi connectivity index (χ2v) is 8.11. The molecule has 2 heterocycles. The molecular weight excluding hydrogens is 322 g/mol. The van der Waals surface area contributed by atoms with Gasteiger partial charge in [0.15, 0.2) is 0 Å². The molecule has 2 aliphatic rings. The Kier molecular flexibility index (Phi) is 4.72. The Balaban J connectivity index is 1.52. The number of aryl methyl sites for hydroxylation is 1. The highest BCUT2D eigenvalue weighted by Gasteiger charge is 2.53. The van der Waals surface area contributed by atoms with Crippen LogP contribution in [0.3, 0.4) is 0 Å². The Morgan fingerprint density at radius 2 is 1.92 bits per heavy atom. The Morgan fingerprint density at radius 1 is 1.23 bits per heavy atom. The van der Waals surface area contributed by atoms with Crippen molar-refractivity contribution in [2.45, 2.75) is 31.8 Å². The van der Waals surface area contributed by atoms with Crippen LogP contribution in [0, 0.1) is 11.8 Å². The van der Waals surface area contributed by atoms with E-state index in [9.17, 15) is 5.11 Å². The summed E-state index contributed by atoms with van der Waals surface area (Å²) < 4.78 is 2.00. The fourth-order valence-electron chi connectivity index (χ4n) is 5.02. The monoisotopic (exact) mass is 351 g/mol. The molecule has 0 radical (unpaired) electrons. The number of nitrogens with zero attached hydrogens (tertiary/aromatic N) is 3. The molecular formula is C22H29N3O. The van der Waals surface area contributed by atoms with Crippen molar-refractivity contribution in [2.75, 3.05) is 19.6 Å². The number of rotatable bonds is 4. The van der Waals surface area contributed by atoms with Gasteiger partial charge in [-0.05, 0) is 25.3 Å². The smallest absolute Gasteiger partial charge is 0.141 e. The number of piperidine rings is 1. The van der Waals surface area contributed by atoms with Gasteiger partial charge in [0.25, 0.3) is 0 Å². The number of fused-ring (bicyclic) bond motifs is 2. The molecule has 1 saturated heterocycles. The lowest BCUT2D eigenvalue weighted by Crippen LogP contribution is -2.59. The maximum Gasteiger partial charge on any atom is 0.141 e. The first-order chi connectivity index (χ1) is 12.6. The SMILES string of the molecule is C/C(=C\c1ccccc1)CN1C[C@H]2CCC[C@H](C1)C2(O)c1nccn1C. The van der Waals surface area contributed by atoms with E-state index in [1.54, 1.807) is 0 Å². The van der Waals surface area contributed by atoms with Crippen LogP contribution >= 0.6 is 0 Å². The molecule has 4 heteroatoms. The topological polar surface area (TPSA) is 41.3 Å². The minimum atomic E-state index is -0.774. The van der Waals surface area contributed by atoms with Crippen LogP contribution in [0.15, 0.2) is 48.3 Å². The van der Waals surface area contributed by atoms with E-state index in [0.29, 0.717) is 0 Å². The molecule has 1 aliphatic heterocycles. The summed E-state index contributed by atoms with van der Waals surface area (Å²) in [6.45, 7) is 5.07. The largest absolute Gasteiger partial charge is 0.381 e. The number of hydrogen-bond donors (Lipinski definition) is 1.